The van der Waals surface area contributed by atoms with Gasteiger partial charge in [-0.1, -0.05) is 17.8 Å². The summed E-state index contributed by atoms with van der Waals surface area (Å²) in [4.78, 5) is 28.4. The van der Waals surface area contributed by atoms with Crippen LogP contribution in [0.1, 0.15) is 40.5 Å². The van der Waals surface area contributed by atoms with Crippen molar-refractivity contribution in [3.8, 4) is 0 Å². The molecule has 0 spiro atoms. The molecular weight excluding hydrogens is 370 g/mol. The fourth-order valence-corrected chi connectivity index (χ4v) is 5.11. The number of nitrogens with zero attached hydrogens (tertiary/aromatic N) is 1. The topological polar surface area (TPSA) is 75.4 Å². The molecule has 5 rings (SSSR count). The zero-order chi connectivity index (χ0) is 19.7. The summed E-state index contributed by atoms with van der Waals surface area (Å²) in [7, 11) is 0. The molecule has 5 nitrogen and oxygen atoms in total. The van der Waals surface area contributed by atoms with Gasteiger partial charge in [0.15, 0.2) is 0 Å². The number of hydrogen-bond donors (Lipinski definition) is 2. The van der Waals surface area contributed by atoms with Crippen molar-refractivity contribution in [3.05, 3.63) is 59.7 Å². The van der Waals surface area contributed by atoms with Crippen LogP contribution in [0.25, 0.3) is 0 Å². The third-order valence-corrected chi connectivity index (χ3v) is 6.84. The van der Waals surface area contributed by atoms with Crippen LogP contribution in [0.3, 0.4) is 0 Å². The van der Waals surface area contributed by atoms with E-state index in [0.717, 1.165) is 22.9 Å². The van der Waals surface area contributed by atoms with Gasteiger partial charge < -0.3 is 11.1 Å². The maximum Gasteiger partial charge on any atom is 0.251 e. The summed E-state index contributed by atoms with van der Waals surface area (Å²) >= 11 is 1.54. The molecule has 2 aromatic carbocycles. The first-order chi connectivity index (χ1) is 13.5. The van der Waals surface area contributed by atoms with Crippen molar-refractivity contribution in [2.75, 3.05) is 13.1 Å². The summed E-state index contributed by atoms with van der Waals surface area (Å²) in [5, 5.41) is 3.24. The van der Waals surface area contributed by atoms with Crippen molar-refractivity contribution in [2.24, 2.45) is 11.7 Å². The number of nitrogens with two attached hydrogens (primary N) is 1. The van der Waals surface area contributed by atoms with E-state index in [9.17, 15) is 9.59 Å². The molecule has 146 valence electrons. The average molecular weight is 396 g/mol. The fourth-order valence-electron chi connectivity index (χ4n) is 4.23. The van der Waals surface area contributed by atoms with Crippen molar-refractivity contribution in [1.82, 2.24) is 10.2 Å². The zero-order valence-corrected chi connectivity index (χ0v) is 16.7. The van der Waals surface area contributed by atoms with Crippen LogP contribution in [0.2, 0.25) is 0 Å². The zero-order valence-electron chi connectivity index (χ0n) is 15.9. The minimum absolute atomic E-state index is 0.00122. The van der Waals surface area contributed by atoms with E-state index in [0.29, 0.717) is 23.1 Å². The van der Waals surface area contributed by atoms with Crippen LogP contribution in [-0.2, 0) is 0 Å². The maximum atomic E-state index is 12.7. The number of hydrogen-bond acceptors (Lipinski definition) is 4. The lowest BCUT2D eigenvalue weighted by molar-refractivity contribution is 0.0274. The first kappa shape index (κ1) is 19.0. The summed E-state index contributed by atoms with van der Waals surface area (Å²) in [5.74, 6) is 0.159. The normalized spacial score (nSPS) is 26.0. The molecule has 2 amide bonds. The van der Waals surface area contributed by atoms with Gasteiger partial charge in [0, 0.05) is 39.5 Å². The Morgan fingerprint density at radius 2 is 1.89 bits per heavy atom. The molecule has 3 aliphatic heterocycles. The third-order valence-electron chi connectivity index (χ3n) is 5.84. The molecule has 2 bridgehead atoms. The Kier molecular flexibility index (Phi) is 5.42. The second-order valence-electron chi connectivity index (χ2n) is 7.73. The molecule has 0 aliphatic carbocycles. The number of piperidine rings is 3. The van der Waals surface area contributed by atoms with Crippen LogP contribution in [-0.4, -0.2) is 41.9 Å². The Bertz CT molecular complexity index is 884. The molecule has 4 unspecified atom stereocenters. The molecular formula is C22H25N3O2S. The molecule has 3 heterocycles. The molecule has 3 aliphatic rings. The smallest absolute Gasteiger partial charge is 0.251 e. The Morgan fingerprint density at radius 3 is 2.54 bits per heavy atom. The molecule has 0 saturated carbocycles. The number of carbonyl (C=O) groups excluding carboxylic acids is 2. The van der Waals surface area contributed by atoms with Crippen LogP contribution in [0, 0.1) is 5.92 Å². The average Bonchev–Trinajstić information content (AvgIpc) is 2.69. The summed E-state index contributed by atoms with van der Waals surface area (Å²) in [6, 6.07) is 15.7. The molecule has 0 radical (unpaired) electrons. The highest BCUT2D eigenvalue weighted by molar-refractivity contribution is 7.99. The fraction of sp³-hybridized carbons (Fsp3) is 0.364. The molecule has 6 heteroatoms. The van der Waals surface area contributed by atoms with E-state index in [4.69, 9.17) is 5.73 Å². The van der Waals surface area contributed by atoms with Crippen molar-refractivity contribution < 1.29 is 9.59 Å². The number of carbonyl (C=O) groups is 2. The van der Waals surface area contributed by atoms with Gasteiger partial charge in [-0.25, -0.2) is 0 Å². The van der Waals surface area contributed by atoms with Gasteiger partial charge in [-0.15, -0.1) is 0 Å². The quantitative estimate of drug-likeness (QED) is 0.816. The predicted octanol–water partition coefficient (Wildman–Crippen LogP) is 3.15. The van der Waals surface area contributed by atoms with Gasteiger partial charge >= 0.3 is 0 Å². The second kappa shape index (κ2) is 7.97. The number of primary amides is 1. The summed E-state index contributed by atoms with van der Waals surface area (Å²) in [5.41, 5.74) is 6.51. The lowest BCUT2D eigenvalue weighted by atomic mass is 9.80. The summed E-state index contributed by atoms with van der Waals surface area (Å²) in [6.07, 6.45) is 2.35. The monoisotopic (exact) mass is 395 g/mol. The van der Waals surface area contributed by atoms with E-state index < -0.39 is 5.91 Å². The molecule has 3 fully saturated rings. The Labute approximate surface area is 169 Å². The Hall–Kier alpha value is -2.31. The van der Waals surface area contributed by atoms with Crippen LogP contribution in [0.5, 0.6) is 0 Å². The van der Waals surface area contributed by atoms with Crippen molar-refractivity contribution >= 4 is 23.6 Å². The maximum absolute atomic E-state index is 12.7. The number of rotatable bonds is 5. The van der Waals surface area contributed by atoms with E-state index in [2.05, 4.69) is 17.1 Å². The van der Waals surface area contributed by atoms with Gasteiger partial charge in [-0.05, 0) is 74.7 Å². The van der Waals surface area contributed by atoms with Gasteiger partial charge in [0.2, 0.25) is 5.91 Å². The Balaban J connectivity index is 1.38. The summed E-state index contributed by atoms with van der Waals surface area (Å²) < 4.78 is 0. The highest BCUT2D eigenvalue weighted by Gasteiger charge is 2.38. The van der Waals surface area contributed by atoms with Crippen LogP contribution < -0.4 is 11.1 Å². The molecule has 28 heavy (non-hydrogen) atoms. The largest absolute Gasteiger partial charge is 0.366 e. The lowest BCUT2D eigenvalue weighted by Gasteiger charge is -2.48. The standard InChI is InChI=1S/C22H25N3O2S/c1-14-11-16-9-10-25(14)13-20(16)24-22(27)15-5-7-18(8-6-15)28-19-4-2-3-17(12-19)21(23)26/h2-8,12,14,16,20H,9-11,13H2,1H3,(H2,23,26)(H,24,27). The van der Waals surface area contributed by atoms with Crippen molar-refractivity contribution in [2.45, 2.75) is 41.6 Å². The van der Waals surface area contributed by atoms with Gasteiger partial charge in [0.25, 0.3) is 5.91 Å². The van der Waals surface area contributed by atoms with Gasteiger partial charge in [-0.3, -0.25) is 14.5 Å². The van der Waals surface area contributed by atoms with E-state index in [1.807, 2.05) is 36.4 Å². The number of benzene rings is 2. The molecule has 0 aromatic heterocycles. The molecule has 3 N–H and O–H groups in total. The van der Waals surface area contributed by atoms with E-state index in [1.54, 1.807) is 12.1 Å². The highest BCUT2D eigenvalue weighted by Crippen LogP contribution is 2.32. The highest BCUT2D eigenvalue weighted by atomic mass is 32.2. The lowest BCUT2D eigenvalue weighted by Crippen LogP contribution is -2.60. The van der Waals surface area contributed by atoms with E-state index >= 15 is 0 Å². The summed E-state index contributed by atoms with van der Waals surface area (Å²) in [6.45, 7) is 4.39. The molecule has 3 saturated heterocycles. The van der Waals surface area contributed by atoms with Crippen molar-refractivity contribution in [1.29, 1.82) is 0 Å². The SMILES string of the molecule is CC1CC2CCN1CC2NC(=O)c1ccc(Sc2cccc(C(N)=O)c2)cc1. The van der Waals surface area contributed by atoms with Gasteiger partial charge in [0.05, 0.1) is 0 Å². The number of amides is 2. The minimum atomic E-state index is -0.434. The third kappa shape index (κ3) is 4.08. The second-order valence-corrected chi connectivity index (χ2v) is 8.87. The minimum Gasteiger partial charge on any atom is -0.366 e. The first-order valence-electron chi connectivity index (χ1n) is 9.72. The Morgan fingerprint density at radius 1 is 1.11 bits per heavy atom. The number of fused-ring (bicyclic) bond motifs is 3. The van der Waals surface area contributed by atoms with Crippen LogP contribution in [0.15, 0.2) is 58.3 Å². The van der Waals surface area contributed by atoms with Crippen LogP contribution in [0.4, 0.5) is 0 Å². The molecule has 4 atom stereocenters. The molecule has 2 aromatic rings. The van der Waals surface area contributed by atoms with Gasteiger partial charge in [0.1, 0.15) is 0 Å². The first-order valence-corrected chi connectivity index (χ1v) is 10.5. The van der Waals surface area contributed by atoms with Crippen molar-refractivity contribution in [3.63, 3.8) is 0 Å². The van der Waals surface area contributed by atoms with E-state index in [1.165, 1.54) is 24.6 Å². The predicted molar refractivity (Wildman–Crippen MR) is 111 cm³/mol. The van der Waals surface area contributed by atoms with Crippen LogP contribution >= 0.6 is 11.8 Å². The van der Waals surface area contributed by atoms with E-state index in [-0.39, 0.29) is 11.9 Å². The van der Waals surface area contributed by atoms with Gasteiger partial charge in [-0.2, -0.15) is 0 Å². The number of nitrogens with one attached hydrogen (secondary N) is 1.